The number of nitrogens with one attached hydrogen (secondary N) is 1. The zero-order valence-electron chi connectivity index (χ0n) is 14.9. The SMILES string of the molecule is CC(NC(=O)CCc1ccccc1C(=O)O)c1nc(C(C)(C)C)no1. The molecule has 2 aromatic rings. The molecule has 0 saturated heterocycles. The average Bonchev–Trinajstić information content (AvgIpc) is 3.03. The van der Waals surface area contributed by atoms with Gasteiger partial charge in [-0.25, -0.2) is 4.79 Å². The van der Waals surface area contributed by atoms with E-state index < -0.39 is 12.0 Å². The number of carboxylic acids is 1. The average molecular weight is 345 g/mol. The van der Waals surface area contributed by atoms with Gasteiger partial charge in [0.1, 0.15) is 6.04 Å². The Balaban J connectivity index is 1.94. The van der Waals surface area contributed by atoms with E-state index in [1.807, 2.05) is 20.8 Å². The van der Waals surface area contributed by atoms with Crippen LogP contribution in [0.1, 0.15) is 67.8 Å². The van der Waals surface area contributed by atoms with E-state index in [0.29, 0.717) is 23.7 Å². The van der Waals surface area contributed by atoms with E-state index in [-0.39, 0.29) is 23.3 Å². The number of aromatic carboxylic acids is 1. The molecule has 0 aliphatic heterocycles. The lowest BCUT2D eigenvalue weighted by Gasteiger charge is -2.12. The molecule has 1 atom stereocenters. The Hall–Kier alpha value is -2.70. The van der Waals surface area contributed by atoms with Gasteiger partial charge in [0.2, 0.25) is 11.8 Å². The third-order valence-electron chi connectivity index (χ3n) is 3.73. The summed E-state index contributed by atoms with van der Waals surface area (Å²) < 4.78 is 5.21. The minimum atomic E-state index is -0.995. The van der Waals surface area contributed by atoms with Gasteiger partial charge < -0.3 is 14.9 Å². The van der Waals surface area contributed by atoms with Crippen LogP contribution in [0.3, 0.4) is 0 Å². The van der Waals surface area contributed by atoms with Gasteiger partial charge in [-0.1, -0.05) is 44.1 Å². The molecule has 0 bridgehead atoms. The number of amides is 1. The second kappa shape index (κ2) is 7.46. The van der Waals surface area contributed by atoms with Crippen LogP contribution >= 0.6 is 0 Å². The number of hydrogen-bond donors (Lipinski definition) is 2. The Morgan fingerprint density at radius 2 is 1.96 bits per heavy atom. The maximum Gasteiger partial charge on any atom is 0.335 e. The zero-order valence-corrected chi connectivity index (χ0v) is 14.9. The topological polar surface area (TPSA) is 105 Å². The summed E-state index contributed by atoms with van der Waals surface area (Å²) in [5.74, 6) is -0.267. The highest BCUT2D eigenvalue weighted by Crippen LogP contribution is 2.20. The molecule has 7 nitrogen and oxygen atoms in total. The molecular weight excluding hydrogens is 322 g/mol. The van der Waals surface area contributed by atoms with Gasteiger partial charge in [-0.05, 0) is 25.0 Å². The van der Waals surface area contributed by atoms with Crippen LogP contribution in [0.2, 0.25) is 0 Å². The number of carboxylic acid groups (broad SMARTS) is 1. The van der Waals surface area contributed by atoms with Crippen molar-refractivity contribution < 1.29 is 19.2 Å². The van der Waals surface area contributed by atoms with Crippen molar-refractivity contribution in [1.82, 2.24) is 15.5 Å². The first kappa shape index (κ1) is 18.6. The van der Waals surface area contributed by atoms with Crippen LogP contribution in [-0.4, -0.2) is 27.1 Å². The van der Waals surface area contributed by atoms with Crippen LogP contribution in [-0.2, 0) is 16.6 Å². The predicted octanol–water partition coefficient (Wildman–Crippen LogP) is 2.88. The van der Waals surface area contributed by atoms with Crippen molar-refractivity contribution >= 4 is 11.9 Å². The predicted molar refractivity (Wildman–Crippen MR) is 91.3 cm³/mol. The fourth-order valence-corrected chi connectivity index (χ4v) is 2.29. The van der Waals surface area contributed by atoms with Crippen molar-refractivity contribution in [2.75, 3.05) is 0 Å². The highest BCUT2D eigenvalue weighted by molar-refractivity contribution is 5.89. The Bertz CT molecular complexity index is 762. The van der Waals surface area contributed by atoms with Crippen LogP contribution in [0, 0.1) is 0 Å². The number of aryl methyl sites for hydroxylation is 1. The number of nitrogens with zero attached hydrogens (tertiary/aromatic N) is 2. The minimum absolute atomic E-state index is 0.175. The molecular formula is C18H23N3O4. The van der Waals surface area contributed by atoms with E-state index in [0.717, 1.165) is 0 Å². The lowest BCUT2D eigenvalue weighted by Crippen LogP contribution is -2.27. The van der Waals surface area contributed by atoms with Crippen LogP contribution in [0.5, 0.6) is 0 Å². The Kier molecular flexibility index (Phi) is 5.56. The van der Waals surface area contributed by atoms with Gasteiger partial charge >= 0.3 is 5.97 Å². The monoisotopic (exact) mass is 345 g/mol. The molecule has 7 heteroatoms. The first-order valence-corrected chi connectivity index (χ1v) is 8.13. The summed E-state index contributed by atoms with van der Waals surface area (Å²) in [4.78, 5) is 27.6. The first-order valence-electron chi connectivity index (χ1n) is 8.13. The van der Waals surface area contributed by atoms with E-state index in [2.05, 4.69) is 15.5 Å². The van der Waals surface area contributed by atoms with Crippen LogP contribution in [0.15, 0.2) is 28.8 Å². The maximum absolute atomic E-state index is 12.1. The van der Waals surface area contributed by atoms with E-state index >= 15 is 0 Å². The van der Waals surface area contributed by atoms with Gasteiger partial charge in [0.15, 0.2) is 5.82 Å². The molecule has 0 fully saturated rings. The molecule has 2 rings (SSSR count). The Morgan fingerprint density at radius 1 is 1.28 bits per heavy atom. The van der Waals surface area contributed by atoms with Crippen molar-refractivity contribution in [2.45, 2.75) is 52.0 Å². The second-order valence-electron chi connectivity index (χ2n) is 6.96. The molecule has 25 heavy (non-hydrogen) atoms. The van der Waals surface area contributed by atoms with Crippen LogP contribution in [0.4, 0.5) is 0 Å². The molecule has 1 aromatic carbocycles. The summed E-state index contributed by atoms with van der Waals surface area (Å²) in [6, 6.07) is 6.26. The highest BCUT2D eigenvalue weighted by Gasteiger charge is 2.23. The number of hydrogen-bond acceptors (Lipinski definition) is 5. The molecule has 0 aliphatic rings. The molecule has 0 aliphatic carbocycles. The standard InChI is InChI=1S/C18H23N3O4/c1-11(15-20-17(21-25-15)18(2,3)4)19-14(22)10-9-12-7-5-6-8-13(12)16(23)24/h5-8,11H,9-10H2,1-4H3,(H,19,22)(H,23,24). The van der Waals surface area contributed by atoms with Crippen molar-refractivity contribution in [2.24, 2.45) is 0 Å². The lowest BCUT2D eigenvalue weighted by atomic mass is 9.96. The summed E-state index contributed by atoms with van der Waals surface area (Å²) >= 11 is 0. The lowest BCUT2D eigenvalue weighted by molar-refractivity contribution is -0.121. The number of carbonyl (C=O) groups is 2. The van der Waals surface area contributed by atoms with E-state index in [1.165, 1.54) is 6.07 Å². The fraction of sp³-hybridized carbons (Fsp3) is 0.444. The van der Waals surface area contributed by atoms with Gasteiger partial charge in [0.05, 0.1) is 5.56 Å². The van der Waals surface area contributed by atoms with Crippen molar-refractivity contribution in [3.8, 4) is 0 Å². The smallest absolute Gasteiger partial charge is 0.335 e. The Labute approximate surface area is 146 Å². The van der Waals surface area contributed by atoms with Gasteiger partial charge in [-0.2, -0.15) is 4.98 Å². The third kappa shape index (κ3) is 4.89. The van der Waals surface area contributed by atoms with Gasteiger partial charge in [0, 0.05) is 11.8 Å². The Morgan fingerprint density at radius 3 is 2.56 bits per heavy atom. The molecule has 1 aromatic heterocycles. The van der Waals surface area contributed by atoms with E-state index in [9.17, 15) is 9.59 Å². The quantitative estimate of drug-likeness (QED) is 0.834. The van der Waals surface area contributed by atoms with E-state index in [4.69, 9.17) is 9.63 Å². The zero-order chi connectivity index (χ0) is 18.6. The van der Waals surface area contributed by atoms with Crippen molar-refractivity contribution in [3.05, 3.63) is 47.1 Å². The molecule has 1 amide bonds. The first-order chi connectivity index (χ1) is 11.7. The summed E-state index contributed by atoms with van der Waals surface area (Å²) in [6.07, 6.45) is 0.521. The highest BCUT2D eigenvalue weighted by atomic mass is 16.5. The normalized spacial score (nSPS) is 12.6. The molecule has 0 radical (unpaired) electrons. The summed E-state index contributed by atoms with van der Waals surface area (Å²) in [5, 5.41) is 15.9. The molecule has 0 spiro atoms. The minimum Gasteiger partial charge on any atom is -0.478 e. The number of carbonyl (C=O) groups excluding carboxylic acids is 1. The molecule has 134 valence electrons. The van der Waals surface area contributed by atoms with Crippen molar-refractivity contribution in [1.29, 1.82) is 0 Å². The van der Waals surface area contributed by atoms with Gasteiger partial charge in [-0.15, -0.1) is 0 Å². The number of rotatable bonds is 6. The maximum atomic E-state index is 12.1. The molecule has 0 saturated carbocycles. The second-order valence-corrected chi connectivity index (χ2v) is 6.96. The van der Waals surface area contributed by atoms with Gasteiger partial charge in [0.25, 0.3) is 0 Å². The molecule has 2 N–H and O–H groups in total. The summed E-state index contributed by atoms with van der Waals surface area (Å²) in [6.45, 7) is 7.70. The van der Waals surface area contributed by atoms with Crippen LogP contribution < -0.4 is 5.32 Å². The van der Waals surface area contributed by atoms with Crippen LogP contribution in [0.25, 0.3) is 0 Å². The molecule has 1 heterocycles. The fourth-order valence-electron chi connectivity index (χ4n) is 2.29. The molecule has 1 unspecified atom stereocenters. The number of benzene rings is 1. The third-order valence-corrected chi connectivity index (χ3v) is 3.73. The number of aromatic nitrogens is 2. The largest absolute Gasteiger partial charge is 0.478 e. The summed E-state index contributed by atoms with van der Waals surface area (Å²) in [5.41, 5.74) is 0.618. The van der Waals surface area contributed by atoms with Gasteiger partial charge in [-0.3, -0.25) is 4.79 Å². The van der Waals surface area contributed by atoms with Crippen molar-refractivity contribution in [3.63, 3.8) is 0 Å². The van der Waals surface area contributed by atoms with E-state index in [1.54, 1.807) is 25.1 Å². The summed E-state index contributed by atoms with van der Waals surface area (Å²) in [7, 11) is 0.